The van der Waals surface area contributed by atoms with E-state index in [9.17, 15) is 0 Å². The van der Waals surface area contributed by atoms with E-state index < -0.39 is 0 Å². The summed E-state index contributed by atoms with van der Waals surface area (Å²) in [4.78, 5) is 9.05. The predicted molar refractivity (Wildman–Crippen MR) is 16.0 cm³/mol. The molecule has 0 aliphatic rings. The summed E-state index contributed by atoms with van der Waals surface area (Å²) in [6.07, 6.45) is 2.19. The van der Waals surface area contributed by atoms with E-state index >= 15 is 0 Å². The first-order valence-corrected chi connectivity index (χ1v) is 1.26. The molecular weight excluding hydrogens is 238 g/mol. The zero-order chi connectivity index (χ0) is 3.41. The minimum Gasteiger partial charge on any atom is -0.542 e. The standard InChI is InChI=1S/C3H5O.Re/c1-2-3-4;/h2H2,1H3;/q-1;. The third-order valence-electron chi connectivity index (χ3n) is 0.144. The molecule has 0 aliphatic heterocycles. The van der Waals surface area contributed by atoms with Gasteiger partial charge in [0, 0.05) is 20.4 Å². The molecule has 1 radical (unpaired) electrons. The molecule has 0 aliphatic carbocycles. The van der Waals surface area contributed by atoms with Crippen molar-refractivity contribution in [3.8, 4) is 0 Å². The summed E-state index contributed by atoms with van der Waals surface area (Å²) in [5, 5.41) is 0. The Balaban J connectivity index is 0. The molecule has 0 spiro atoms. The van der Waals surface area contributed by atoms with Crippen molar-refractivity contribution in [2.75, 3.05) is 0 Å². The average molecular weight is 243 g/mol. The normalized spacial score (nSPS) is 5.00. The Hall–Kier alpha value is 0.332. The minimum atomic E-state index is 0. The maximum atomic E-state index is 9.05. The quantitative estimate of drug-likeness (QED) is 0.613. The smallest absolute Gasteiger partial charge is 0 e. The van der Waals surface area contributed by atoms with Gasteiger partial charge in [0.2, 0.25) is 0 Å². The van der Waals surface area contributed by atoms with Crippen LogP contribution in [0.25, 0.3) is 0 Å². The van der Waals surface area contributed by atoms with Crippen molar-refractivity contribution in [1.29, 1.82) is 0 Å². The van der Waals surface area contributed by atoms with Gasteiger partial charge in [0.1, 0.15) is 0 Å². The van der Waals surface area contributed by atoms with Crippen LogP contribution in [0.3, 0.4) is 0 Å². The molecule has 2 heteroatoms. The molecule has 0 saturated heterocycles. The van der Waals surface area contributed by atoms with Crippen LogP contribution >= 0.6 is 0 Å². The molecule has 0 heterocycles. The first-order valence-electron chi connectivity index (χ1n) is 1.26. The number of hydrogen-bond acceptors (Lipinski definition) is 1. The Labute approximate surface area is 45.4 Å². The van der Waals surface area contributed by atoms with Gasteiger partial charge in [-0.05, 0) is 0 Å². The van der Waals surface area contributed by atoms with Gasteiger partial charge in [0.15, 0.2) is 0 Å². The predicted octanol–water partition coefficient (Wildman–Crippen LogP) is 0.504. The summed E-state index contributed by atoms with van der Waals surface area (Å²) in [7, 11) is 0. The van der Waals surface area contributed by atoms with E-state index in [1.807, 2.05) is 0 Å². The van der Waals surface area contributed by atoms with Gasteiger partial charge < -0.3 is 4.79 Å². The third-order valence-corrected chi connectivity index (χ3v) is 0.144. The molecule has 1 nitrogen and oxygen atoms in total. The molecule has 31 valence electrons. The van der Waals surface area contributed by atoms with E-state index in [1.165, 1.54) is 0 Å². The second-order valence-electron chi connectivity index (χ2n) is 0.498. The van der Waals surface area contributed by atoms with Gasteiger partial charge in [-0.2, -0.15) is 6.42 Å². The van der Waals surface area contributed by atoms with Gasteiger partial charge in [-0.15, -0.1) is 0 Å². The summed E-state index contributed by atoms with van der Waals surface area (Å²) < 4.78 is 0. The zero-order valence-electron chi connectivity index (χ0n) is 2.99. The van der Waals surface area contributed by atoms with Crippen LogP contribution in [0.4, 0.5) is 0 Å². The van der Waals surface area contributed by atoms with Crippen molar-refractivity contribution in [2.24, 2.45) is 0 Å². The minimum absolute atomic E-state index is 0. The monoisotopic (exact) mass is 244 g/mol. The van der Waals surface area contributed by atoms with E-state index in [2.05, 4.69) is 0 Å². The van der Waals surface area contributed by atoms with Gasteiger partial charge in [-0.3, -0.25) is 6.29 Å². The SMILES string of the molecule is CC[C-]=O.[Re]. The van der Waals surface area contributed by atoms with E-state index in [0.717, 1.165) is 0 Å². The maximum Gasteiger partial charge on any atom is 0 e. The van der Waals surface area contributed by atoms with E-state index in [0.29, 0.717) is 6.42 Å². The summed E-state index contributed by atoms with van der Waals surface area (Å²) >= 11 is 0. The number of rotatable bonds is 1. The topological polar surface area (TPSA) is 17.1 Å². The van der Waals surface area contributed by atoms with Crippen LogP contribution < -0.4 is 0 Å². The van der Waals surface area contributed by atoms with Crippen molar-refractivity contribution < 1.29 is 25.2 Å². The van der Waals surface area contributed by atoms with Crippen LogP contribution in [0.5, 0.6) is 0 Å². The first-order chi connectivity index (χ1) is 1.91. The molecule has 0 aromatic rings. The Morgan fingerprint density at radius 1 is 1.80 bits per heavy atom. The molecule has 0 atom stereocenters. The van der Waals surface area contributed by atoms with Gasteiger partial charge >= 0.3 is 0 Å². The Morgan fingerprint density at radius 2 is 2.00 bits per heavy atom. The molecule has 0 saturated carbocycles. The number of carbonyl (C=O) groups excluding carboxylic acids is 1. The van der Waals surface area contributed by atoms with E-state index in [4.69, 9.17) is 4.79 Å². The zero-order valence-corrected chi connectivity index (χ0v) is 5.71. The molecule has 0 unspecified atom stereocenters. The van der Waals surface area contributed by atoms with Crippen molar-refractivity contribution in [3.63, 3.8) is 0 Å². The Morgan fingerprint density at radius 3 is 2.00 bits per heavy atom. The largest absolute Gasteiger partial charge is 0.542 e. The molecule has 0 fully saturated rings. The van der Waals surface area contributed by atoms with Crippen LogP contribution in [0.1, 0.15) is 13.3 Å². The Kier molecular flexibility index (Phi) is 15.9. The van der Waals surface area contributed by atoms with Gasteiger partial charge in [0.25, 0.3) is 0 Å². The average Bonchev–Trinajstić information content (AvgIpc) is 1.37. The molecule has 0 N–H and O–H groups in total. The van der Waals surface area contributed by atoms with Crippen LogP contribution in [0.2, 0.25) is 0 Å². The molecule has 0 aromatic heterocycles. The van der Waals surface area contributed by atoms with Crippen molar-refractivity contribution in [3.05, 3.63) is 0 Å². The third kappa shape index (κ3) is 13.3. The first kappa shape index (κ1) is 9.01. The fraction of sp³-hybridized carbons (Fsp3) is 0.667. The summed E-state index contributed by atoms with van der Waals surface area (Å²) in [5.41, 5.74) is 0. The van der Waals surface area contributed by atoms with Gasteiger partial charge in [-0.25, -0.2) is 0 Å². The Bertz CT molecular complexity index is 20.9. The molecule has 0 bridgehead atoms. The van der Waals surface area contributed by atoms with Gasteiger partial charge in [-0.1, -0.05) is 6.92 Å². The summed E-state index contributed by atoms with van der Waals surface area (Å²) in [6, 6.07) is 0. The fourth-order valence-corrected chi connectivity index (χ4v) is 0. The van der Waals surface area contributed by atoms with E-state index in [-0.39, 0.29) is 20.4 Å². The van der Waals surface area contributed by atoms with Crippen molar-refractivity contribution in [2.45, 2.75) is 13.3 Å². The molecule has 0 aromatic carbocycles. The van der Waals surface area contributed by atoms with Crippen LogP contribution in [-0.2, 0) is 25.2 Å². The fourth-order valence-electron chi connectivity index (χ4n) is 0. The molecule has 5 heavy (non-hydrogen) atoms. The van der Waals surface area contributed by atoms with Gasteiger partial charge in [0.05, 0.1) is 0 Å². The second kappa shape index (κ2) is 8.84. The molecule has 0 amide bonds. The maximum absolute atomic E-state index is 9.05. The van der Waals surface area contributed by atoms with Crippen LogP contribution in [0, 0.1) is 0 Å². The molecule has 0 rings (SSSR count). The molecular formula is C3H5ORe-. The summed E-state index contributed by atoms with van der Waals surface area (Å²) in [6.45, 7) is 1.76. The van der Waals surface area contributed by atoms with Crippen molar-refractivity contribution >= 4 is 6.29 Å². The number of hydrogen-bond donors (Lipinski definition) is 0. The van der Waals surface area contributed by atoms with Crippen molar-refractivity contribution in [1.82, 2.24) is 0 Å². The summed E-state index contributed by atoms with van der Waals surface area (Å²) in [5.74, 6) is 0. The van der Waals surface area contributed by atoms with E-state index in [1.54, 1.807) is 13.2 Å². The van der Waals surface area contributed by atoms with Crippen LogP contribution in [-0.4, -0.2) is 6.29 Å². The second-order valence-corrected chi connectivity index (χ2v) is 0.498. The van der Waals surface area contributed by atoms with Crippen LogP contribution in [0.15, 0.2) is 0 Å².